The second-order valence-electron chi connectivity index (χ2n) is 6.97. The Labute approximate surface area is 192 Å². The van der Waals surface area contributed by atoms with E-state index >= 15 is 0 Å². The summed E-state index contributed by atoms with van der Waals surface area (Å²) < 4.78 is 37.8. The highest BCUT2D eigenvalue weighted by atomic mass is 32.2. The van der Waals surface area contributed by atoms with Crippen molar-refractivity contribution >= 4 is 40.5 Å². The number of amides is 1. The topological polar surface area (TPSA) is 83.5 Å². The van der Waals surface area contributed by atoms with Gasteiger partial charge in [-0.15, -0.1) is 0 Å². The first-order chi connectivity index (χ1) is 15.1. The molecule has 2 aromatic carbocycles. The van der Waals surface area contributed by atoms with E-state index < -0.39 is 35.6 Å². The number of carbonyl (C=O) groups is 3. The fourth-order valence-corrected chi connectivity index (χ4v) is 4.37. The van der Waals surface area contributed by atoms with Gasteiger partial charge in [0.15, 0.2) is 0 Å². The lowest BCUT2D eigenvalue weighted by atomic mass is 10.1. The molecule has 2 rings (SSSR count). The molecule has 0 radical (unpaired) electrons. The molecule has 0 heterocycles. The minimum Gasteiger partial charge on any atom is -0.480 e. The maximum atomic E-state index is 12.6. The summed E-state index contributed by atoms with van der Waals surface area (Å²) in [6.45, 7) is 1.61. The largest absolute Gasteiger partial charge is 0.480 e. The molecule has 0 aliphatic carbocycles. The van der Waals surface area contributed by atoms with Crippen molar-refractivity contribution in [2.24, 2.45) is 5.92 Å². The van der Waals surface area contributed by atoms with Gasteiger partial charge >= 0.3 is 12.1 Å². The molecule has 0 spiro atoms. The molecule has 2 N–H and O–H groups in total. The number of rotatable bonds is 10. The first-order valence-electron chi connectivity index (χ1n) is 9.57. The fraction of sp³-hybridized carbons (Fsp3) is 0.318. The van der Waals surface area contributed by atoms with Gasteiger partial charge in [-0.25, -0.2) is 4.79 Å². The van der Waals surface area contributed by atoms with Crippen LogP contribution in [0.5, 0.6) is 0 Å². The smallest absolute Gasteiger partial charge is 0.416 e. The van der Waals surface area contributed by atoms with Crippen LogP contribution in [0.3, 0.4) is 0 Å². The monoisotopic (exact) mass is 485 g/mol. The Hall–Kier alpha value is -2.46. The van der Waals surface area contributed by atoms with Gasteiger partial charge in [0, 0.05) is 28.7 Å². The van der Waals surface area contributed by atoms with E-state index in [2.05, 4.69) is 5.32 Å². The molecule has 32 heavy (non-hydrogen) atoms. The zero-order valence-corrected chi connectivity index (χ0v) is 18.7. The van der Waals surface area contributed by atoms with Crippen LogP contribution in [0.25, 0.3) is 0 Å². The lowest BCUT2D eigenvalue weighted by Crippen LogP contribution is -2.45. The average molecular weight is 486 g/mol. The van der Waals surface area contributed by atoms with Crippen molar-refractivity contribution in [3.63, 3.8) is 0 Å². The Kier molecular flexibility index (Phi) is 9.64. The Morgan fingerprint density at radius 2 is 1.62 bits per heavy atom. The lowest BCUT2D eigenvalue weighted by molar-refractivity contribution is -0.141. The van der Waals surface area contributed by atoms with Crippen LogP contribution in [0.2, 0.25) is 0 Å². The molecule has 2 atom stereocenters. The third-order valence-electron chi connectivity index (χ3n) is 4.37. The standard InChI is InChI=1S/C22H22F3NO4S2/c1-14(11-32-21(30)16-5-3-2-4-6-16)19(27)26-18(20(28)29)13-31-12-15-7-9-17(10-8-15)22(23,24)25/h2-10,14,18H,11-13H2,1H3,(H,26,27)(H,28,29)/t14-,18+/m1/s1. The van der Waals surface area contributed by atoms with E-state index in [1.54, 1.807) is 37.3 Å². The van der Waals surface area contributed by atoms with Crippen LogP contribution in [0.1, 0.15) is 28.4 Å². The number of halogens is 3. The Morgan fingerprint density at radius 3 is 2.19 bits per heavy atom. The van der Waals surface area contributed by atoms with Gasteiger partial charge in [0.2, 0.25) is 11.0 Å². The molecule has 172 valence electrons. The van der Waals surface area contributed by atoms with E-state index in [1.807, 2.05) is 0 Å². The summed E-state index contributed by atoms with van der Waals surface area (Å²) in [5, 5.41) is 11.7. The average Bonchev–Trinajstić information content (AvgIpc) is 2.76. The van der Waals surface area contributed by atoms with Gasteiger partial charge in [0.25, 0.3) is 0 Å². The second-order valence-corrected chi connectivity index (χ2v) is 9.00. The fourth-order valence-electron chi connectivity index (χ4n) is 2.51. The Balaban J connectivity index is 1.81. The van der Waals surface area contributed by atoms with Crippen LogP contribution in [0, 0.1) is 5.92 Å². The summed E-state index contributed by atoms with van der Waals surface area (Å²) in [5.41, 5.74) is 0.385. The van der Waals surface area contributed by atoms with Crippen molar-refractivity contribution in [2.45, 2.75) is 24.9 Å². The van der Waals surface area contributed by atoms with Gasteiger partial charge < -0.3 is 10.4 Å². The highest BCUT2D eigenvalue weighted by Crippen LogP contribution is 2.29. The van der Waals surface area contributed by atoms with Crippen molar-refractivity contribution in [3.8, 4) is 0 Å². The molecule has 0 saturated heterocycles. The van der Waals surface area contributed by atoms with Crippen molar-refractivity contribution in [2.75, 3.05) is 11.5 Å². The quantitative estimate of drug-likeness (QED) is 0.507. The molecule has 0 unspecified atom stereocenters. The SMILES string of the molecule is C[C@H](CSC(=O)c1ccccc1)C(=O)N[C@@H](CSCc1ccc(C(F)(F)F)cc1)C(=O)O. The lowest BCUT2D eigenvalue weighted by Gasteiger charge is -2.17. The van der Waals surface area contributed by atoms with Crippen molar-refractivity contribution in [1.82, 2.24) is 5.32 Å². The minimum absolute atomic E-state index is 0.0465. The molecule has 0 aromatic heterocycles. The van der Waals surface area contributed by atoms with Crippen LogP contribution in [0.15, 0.2) is 54.6 Å². The van der Waals surface area contributed by atoms with Crippen LogP contribution in [-0.4, -0.2) is 39.6 Å². The summed E-state index contributed by atoms with van der Waals surface area (Å²) in [4.78, 5) is 36.0. The Bertz CT molecular complexity index is 921. The van der Waals surface area contributed by atoms with E-state index in [9.17, 15) is 32.7 Å². The van der Waals surface area contributed by atoms with Gasteiger partial charge in [-0.3, -0.25) is 9.59 Å². The molecule has 1 amide bonds. The number of nitrogens with one attached hydrogen (secondary N) is 1. The Morgan fingerprint density at radius 1 is 1.00 bits per heavy atom. The second kappa shape index (κ2) is 12.0. The molecule has 2 aromatic rings. The number of hydrogen-bond donors (Lipinski definition) is 2. The van der Waals surface area contributed by atoms with Gasteiger partial charge in [0.05, 0.1) is 5.56 Å². The molecule has 5 nitrogen and oxygen atoms in total. The van der Waals surface area contributed by atoms with E-state index in [4.69, 9.17) is 0 Å². The number of thioether (sulfide) groups is 2. The van der Waals surface area contributed by atoms with Gasteiger partial charge in [0.1, 0.15) is 6.04 Å². The van der Waals surface area contributed by atoms with Gasteiger partial charge in [-0.1, -0.05) is 61.2 Å². The maximum absolute atomic E-state index is 12.6. The third kappa shape index (κ3) is 8.23. The van der Waals surface area contributed by atoms with Crippen LogP contribution in [0.4, 0.5) is 13.2 Å². The molecular weight excluding hydrogens is 463 g/mol. The predicted molar refractivity (Wildman–Crippen MR) is 120 cm³/mol. The maximum Gasteiger partial charge on any atom is 0.416 e. The number of carboxylic acids is 1. The summed E-state index contributed by atoms with van der Waals surface area (Å²) >= 11 is 2.18. The molecule has 10 heteroatoms. The number of hydrogen-bond acceptors (Lipinski definition) is 5. The van der Waals surface area contributed by atoms with Crippen LogP contribution < -0.4 is 5.32 Å². The molecule has 0 aliphatic rings. The highest BCUT2D eigenvalue weighted by molar-refractivity contribution is 8.14. The highest BCUT2D eigenvalue weighted by Gasteiger charge is 2.30. The first kappa shape index (κ1) is 25.8. The zero-order chi connectivity index (χ0) is 23.7. The summed E-state index contributed by atoms with van der Waals surface area (Å²) in [6, 6.07) is 12.1. The molecule has 0 saturated carbocycles. The van der Waals surface area contributed by atoms with Gasteiger partial charge in [-0.2, -0.15) is 24.9 Å². The van der Waals surface area contributed by atoms with Crippen molar-refractivity contribution in [3.05, 3.63) is 71.3 Å². The number of carbonyl (C=O) groups excluding carboxylic acids is 2. The van der Waals surface area contributed by atoms with Crippen LogP contribution in [-0.2, 0) is 21.5 Å². The number of alkyl halides is 3. The summed E-state index contributed by atoms with van der Waals surface area (Å²) in [6.07, 6.45) is -4.41. The molecular formula is C22H22F3NO4S2. The van der Waals surface area contributed by atoms with Crippen molar-refractivity contribution < 1.29 is 32.7 Å². The number of benzene rings is 2. The molecule has 0 bridgehead atoms. The summed E-state index contributed by atoms with van der Waals surface area (Å²) in [5.74, 6) is -1.74. The molecule has 0 fully saturated rings. The third-order valence-corrected chi connectivity index (χ3v) is 6.64. The number of carboxylic acid groups (broad SMARTS) is 1. The van der Waals surface area contributed by atoms with Crippen LogP contribution >= 0.6 is 23.5 Å². The first-order valence-corrected chi connectivity index (χ1v) is 11.7. The normalized spacial score (nSPS) is 13.2. The summed E-state index contributed by atoms with van der Waals surface area (Å²) in [7, 11) is 0. The van der Waals surface area contributed by atoms with E-state index in [1.165, 1.54) is 23.9 Å². The van der Waals surface area contributed by atoms with E-state index in [-0.39, 0.29) is 16.6 Å². The number of aliphatic carboxylic acids is 1. The van der Waals surface area contributed by atoms with Gasteiger partial charge in [-0.05, 0) is 17.7 Å². The molecule has 0 aliphatic heterocycles. The van der Waals surface area contributed by atoms with Crippen molar-refractivity contribution in [1.29, 1.82) is 0 Å². The zero-order valence-electron chi connectivity index (χ0n) is 17.1. The van der Waals surface area contributed by atoms with E-state index in [0.717, 1.165) is 23.9 Å². The minimum atomic E-state index is -4.41. The predicted octanol–water partition coefficient (Wildman–Crippen LogP) is 4.72. The van der Waals surface area contributed by atoms with E-state index in [0.29, 0.717) is 16.9 Å².